The summed E-state index contributed by atoms with van der Waals surface area (Å²) in [5, 5.41) is 8.45. The number of amides is 3. The number of carbonyl (C=O) groups is 2. The van der Waals surface area contributed by atoms with Gasteiger partial charge in [0.1, 0.15) is 17.5 Å². The van der Waals surface area contributed by atoms with Gasteiger partial charge >= 0.3 is 6.03 Å². The number of piperidine rings is 1. The van der Waals surface area contributed by atoms with E-state index in [0.717, 1.165) is 32.5 Å². The maximum absolute atomic E-state index is 12.6. The minimum absolute atomic E-state index is 0.114. The molecule has 1 saturated heterocycles. The molecule has 0 bridgehead atoms. The highest BCUT2D eigenvalue weighted by Crippen LogP contribution is 2.28. The second kappa shape index (κ2) is 11.4. The van der Waals surface area contributed by atoms with Crippen molar-refractivity contribution in [1.82, 2.24) is 15.5 Å². The van der Waals surface area contributed by atoms with Gasteiger partial charge in [0, 0.05) is 31.7 Å². The van der Waals surface area contributed by atoms with Gasteiger partial charge in [-0.15, -0.1) is 0 Å². The number of hydrogen-bond acceptors (Lipinski definition) is 5. The number of carbonyl (C=O) groups excluding carboxylic acids is 2. The molecule has 8 nitrogen and oxygen atoms in total. The van der Waals surface area contributed by atoms with Crippen molar-refractivity contribution in [2.45, 2.75) is 38.4 Å². The molecule has 0 aliphatic carbocycles. The average molecular weight is 441 g/mol. The van der Waals surface area contributed by atoms with Gasteiger partial charge in [-0.3, -0.25) is 9.69 Å². The van der Waals surface area contributed by atoms with Crippen molar-refractivity contribution in [2.75, 3.05) is 32.6 Å². The topological polar surface area (TPSA) is 91.9 Å². The number of nitrogens with zero attached hydrogens (tertiary/aromatic N) is 1. The number of ether oxygens (including phenoxy) is 2. The number of urea groups is 1. The Labute approximate surface area is 189 Å². The molecule has 1 aliphatic heterocycles. The van der Waals surface area contributed by atoms with Crippen molar-refractivity contribution in [2.24, 2.45) is 0 Å². The largest absolute Gasteiger partial charge is 0.497 e. The number of likely N-dealkylation sites (tertiary alicyclic amines) is 1. The predicted octanol–water partition coefficient (Wildman–Crippen LogP) is 2.99. The molecule has 1 atom stereocenters. The van der Waals surface area contributed by atoms with Crippen molar-refractivity contribution in [1.29, 1.82) is 0 Å². The highest BCUT2D eigenvalue weighted by atomic mass is 16.5. The van der Waals surface area contributed by atoms with Crippen LogP contribution in [-0.4, -0.2) is 56.2 Å². The molecule has 1 unspecified atom stereocenters. The fourth-order valence-electron chi connectivity index (χ4n) is 3.73. The van der Waals surface area contributed by atoms with Crippen LogP contribution in [0.2, 0.25) is 0 Å². The minimum Gasteiger partial charge on any atom is -0.497 e. The monoisotopic (exact) mass is 440 g/mol. The molecule has 1 fully saturated rings. The number of nitrogens with one attached hydrogen (secondary N) is 3. The van der Waals surface area contributed by atoms with Crippen molar-refractivity contribution in [3.63, 3.8) is 0 Å². The van der Waals surface area contributed by atoms with Crippen LogP contribution >= 0.6 is 0 Å². The fraction of sp³-hybridized carbons (Fsp3) is 0.417. The first-order valence-corrected chi connectivity index (χ1v) is 10.8. The normalized spacial score (nSPS) is 15.5. The molecule has 2 aromatic rings. The smallest absolute Gasteiger partial charge is 0.319 e. The SMILES string of the molecule is COc1ccc(NC(=O)NC(C)C(=O)NC2CCN(Cc3ccccc3)CC2)c(OC)c1. The molecule has 0 spiro atoms. The van der Waals surface area contributed by atoms with E-state index < -0.39 is 12.1 Å². The molecule has 3 amide bonds. The summed E-state index contributed by atoms with van der Waals surface area (Å²) in [6.45, 7) is 4.46. The number of anilines is 1. The maximum atomic E-state index is 12.6. The summed E-state index contributed by atoms with van der Waals surface area (Å²) in [4.78, 5) is 27.3. The van der Waals surface area contributed by atoms with Crippen LogP contribution in [-0.2, 0) is 11.3 Å². The minimum atomic E-state index is -0.665. The molecule has 3 N–H and O–H groups in total. The standard InChI is InChI=1S/C24H32N4O4/c1-17(25-24(30)27-21-10-9-20(31-2)15-22(21)32-3)23(29)26-19-11-13-28(14-12-19)16-18-7-5-4-6-8-18/h4-10,15,17,19H,11-14,16H2,1-3H3,(H,26,29)(H2,25,27,30). The summed E-state index contributed by atoms with van der Waals surface area (Å²) >= 11 is 0. The third kappa shape index (κ3) is 6.62. The third-order valence-electron chi connectivity index (χ3n) is 5.58. The van der Waals surface area contributed by atoms with Gasteiger partial charge in [-0.2, -0.15) is 0 Å². The highest BCUT2D eigenvalue weighted by molar-refractivity contribution is 5.94. The van der Waals surface area contributed by atoms with Crippen LogP contribution in [0.25, 0.3) is 0 Å². The average Bonchev–Trinajstić information content (AvgIpc) is 2.81. The fourth-order valence-corrected chi connectivity index (χ4v) is 3.73. The Kier molecular flexibility index (Phi) is 8.33. The lowest BCUT2D eigenvalue weighted by Crippen LogP contribution is -2.51. The Morgan fingerprint density at radius 3 is 2.44 bits per heavy atom. The van der Waals surface area contributed by atoms with E-state index in [1.165, 1.54) is 12.7 Å². The van der Waals surface area contributed by atoms with Gasteiger partial charge in [0.05, 0.1) is 19.9 Å². The molecule has 32 heavy (non-hydrogen) atoms. The van der Waals surface area contributed by atoms with Crippen LogP contribution in [0.15, 0.2) is 48.5 Å². The molecule has 172 valence electrons. The summed E-state index contributed by atoms with van der Waals surface area (Å²) in [5.74, 6) is 0.901. The molecule has 8 heteroatoms. The second-order valence-corrected chi connectivity index (χ2v) is 7.93. The first-order chi connectivity index (χ1) is 15.5. The zero-order valence-electron chi connectivity index (χ0n) is 18.9. The van der Waals surface area contributed by atoms with Gasteiger partial charge in [0.15, 0.2) is 0 Å². The van der Waals surface area contributed by atoms with E-state index in [9.17, 15) is 9.59 Å². The van der Waals surface area contributed by atoms with Crippen molar-refractivity contribution in [3.8, 4) is 11.5 Å². The van der Waals surface area contributed by atoms with Gasteiger partial charge in [0.2, 0.25) is 5.91 Å². The van der Waals surface area contributed by atoms with Crippen LogP contribution in [0, 0.1) is 0 Å². The molecular weight excluding hydrogens is 408 g/mol. The number of benzene rings is 2. The van der Waals surface area contributed by atoms with Crippen LogP contribution in [0.1, 0.15) is 25.3 Å². The van der Waals surface area contributed by atoms with Gasteiger partial charge in [-0.1, -0.05) is 30.3 Å². The van der Waals surface area contributed by atoms with E-state index in [1.807, 2.05) is 6.07 Å². The molecule has 3 rings (SSSR count). The lowest BCUT2D eigenvalue weighted by atomic mass is 10.0. The summed E-state index contributed by atoms with van der Waals surface area (Å²) in [6, 6.07) is 14.4. The van der Waals surface area contributed by atoms with Crippen LogP contribution < -0.4 is 25.4 Å². The zero-order chi connectivity index (χ0) is 22.9. The number of rotatable bonds is 8. The highest BCUT2D eigenvalue weighted by Gasteiger charge is 2.24. The Hall–Kier alpha value is -3.26. The van der Waals surface area contributed by atoms with Gasteiger partial charge < -0.3 is 25.4 Å². The Balaban J connectivity index is 1.42. The maximum Gasteiger partial charge on any atom is 0.319 e. The summed E-state index contributed by atoms with van der Waals surface area (Å²) in [5.41, 5.74) is 1.79. The third-order valence-corrected chi connectivity index (χ3v) is 5.58. The van der Waals surface area contributed by atoms with E-state index in [-0.39, 0.29) is 11.9 Å². The molecule has 0 aromatic heterocycles. The first kappa shape index (κ1) is 23.4. The molecule has 1 heterocycles. The van der Waals surface area contributed by atoms with E-state index in [0.29, 0.717) is 17.2 Å². The molecule has 2 aromatic carbocycles. The lowest BCUT2D eigenvalue weighted by Gasteiger charge is -2.33. The Morgan fingerprint density at radius 1 is 1.06 bits per heavy atom. The van der Waals surface area contributed by atoms with Crippen LogP contribution in [0.3, 0.4) is 0 Å². The predicted molar refractivity (Wildman–Crippen MR) is 124 cm³/mol. The molecule has 0 radical (unpaired) electrons. The van der Waals surface area contributed by atoms with Crippen molar-refractivity contribution >= 4 is 17.6 Å². The van der Waals surface area contributed by atoms with E-state index >= 15 is 0 Å². The van der Waals surface area contributed by atoms with Gasteiger partial charge in [-0.25, -0.2) is 4.79 Å². The zero-order valence-corrected chi connectivity index (χ0v) is 18.9. The number of hydrogen-bond donors (Lipinski definition) is 3. The quantitative estimate of drug-likeness (QED) is 0.587. The van der Waals surface area contributed by atoms with Gasteiger partial charge in [-0.05, 0) is 37.5 Å². The molecule has 1 aliphatic rings. The van der Waals surface area contributed by atoms with Crippen LogP contribution in [0.4, 0.5) is 10.5 Å². The summed E-state index contributed by atoms with van der Waals surface area (Å²) in [7, 11) is 3.07. The van der Waals surface area contributed by atoms with E-state index in [4.69, 9.17) is 9.47 Å². The van der Waals surface area contributed by atoms with E-state index in [2.05, 4.69) is 45.1 Å². The van der Waals surface area contributed by atoms with Crippen molar-refractivity contribution < 1.29 is 19.1 Å². The van der Waals surface area contributed by atoms with Crippen LogP contribution in [0.5, 0.6) is 11.5 Å². The second-order valence-electron chi connectivity index (χ2n) is 7.93. The Bertz CT molecular complexity index is 898. The summed E-state index contributed by atoms with van der Waals surface area (Å²) in [6.07, 6.45) is 1.78. The van der Waals surface area contributed by atoms with Gasteiger partial charge in [0.25, 0.3) is 0 Å². The van der Waals surface area contributed by atoms with Crippen molar-refractivity contribution in [3.05, 3.63) is 54.1 Å². The molecule has 0 saturated carbocycles. The lowest BCUT2D eigenvalue weighted by molar-refractivity contribution is -0.123. The van der Waals surface area contributed by atoms with E-state index in [1.54, 1.807) is 32.2 Å². The summed E-state index contributed by atoms with van der Waals surface area (Å²) < 4.78 is 10.4. The number of methoxy groups -OCH3 is 2. The molecular formula is C24H32N4O4. The Morgan fingerprint density at radius 2 is 1.78 bits per heavy atom. The first-order valence-electron chi connectivity index (χ1n) is 10.8.